The van der Waals surface area contributed by atoms with Gasteiger partial charge in [-0.2, -0.15) is 0 Å². The smallest absolute Gasteiger partial charge is 0.0869 e. The number of hydrogen-bond acceptors (Lipinski definition) is 3. The van der Waals surface area contributed by atoms with Gasteiger partial charge in [0, 0.05) is 11.1 Å². The van der Waals surface area contributed by atoms with Crippen LogP contribution >= 0.6 is 11.3 Å². The van der Waals surface area contributed by atoms with Gasteiger partial charge in [-0.3, -0.25) is 10.3 Å². The molecular weight excluding hydrogens is 204 g/mol. The first-order valence-electron chi connectivity index (χ1n) is 5.11. The number of rotatable bonds is 1. The number of nitrogens with one attached hydrogen (secondary N) is 1. The zero-order valence-corrected chi connectivity index (χ0v) is 9.02. The van der Waals surface area contributed by atoms with Crippen molar-refractivity contribution in [2.24, 2.45) is 4.99 Å². The highest BCUT2D eigenvalue weighted by atomic mass is 32.1. The van der Waals surface area contributed by atoms with Gasteiger partial charge in [0.15, 0.2) is 0 Å². The van der Waals surface area contributed by atoms with E-state index in [4.69, 9.17) is 0 Å². The first-order chi connectivity index (χ1) is 7.43. The average Bonchev–Trinajstić information content (AvgIpc) is 2.82. The first-order valence-corrected chi connectivity index (χ1v) is 5.99. The average molecular weight is 216 g/mol. The van der Waals surface area contributed by atoms with Crippen molar-refractivity contribution in [1.29, 1.82) is 0 Å². The van der Waals surface area contributed by atoms with Crippen LogP contribution in [-0.2, 0) is 0 Å². The fourth-order valence-corrected chi connectivity index (χ4v) is 2.70. The van der Waals surface area contributed by atoms with Gasteiger partial charge in [-0.05, 0) is 11.4 Å². The zero-order valence-electron chi connectivity index (χ0n) is 8.21. The molecular formula is C12H12N2S. The molecule has 1 aromatic heterocycles. The van der Waals surface area contributed by atoms with Crippen LogP contribution in [0.5, 0.6) is 0 Å². The van der Waals surface area contributed by atoms with Gasteiger partial charge in [-0.25, -0.2) is 0 Å². The second-order valence-corrected chi connectivity index (χ2v) is 4.72. The van der Waals surface area contributed by atoms with Crippen LogP contribution < -0.4 is 5.32 Å². The van der Waals surface area contributed by atoms with Crippen molar-refractivity contribution in [3.8, 4) is 0 Å². The van der Waals surface area contributed by atoms with Crippen molar-refractivity contribution in [2.75, 3.05) is 0 Å². The number of hydrogen-bond donors (Lipinski definition) is 1. The Balaban J connectivity index is 1.85. The minimum atomic E-state index is 0.280. The third kappa shape index (κ3) is 1.68. The summed E-state index contributed by atoms with van der Waals surface area (Å²) in [4.78, 5) is 5.90. The zero-order chi connectivity index (χ0) is 10.1. The lowest BCUT2D eigenvalue weighted by atomic mass is 10.00. The Morgan fingerprint density at radius 3 is 3.07 bits per heavy atom. The van der Waals surface area contributed by atoms with Crippen molar-refractivity contribution in [2.45, 2.75) is 18.1 Å². The Kier molecular flexibility index (Phi) is 2.27. The molecule has 0 saturated carbocycles. The topological polar surface area (TPSA) is 24.4 Å². The maximum atomic E-state index is 4.57. The van der Waals surface area contributed by atoms with E-state index in [1.165, 1.54) is 4.88 Å². The summed E-state index contributed by atoms with van der Waals surface area (Å²) in [6.07, 6.45) is 10.5. The molecule has 3 atom stereocenters. The van der Waals surface area contributed by atoms with Gasteiger partial charge in [-0.15, -0.1) is 11.3 Å². The molecule has 15 heavy (non-hydrogen) atoms. The molecule has 76 valence electrons. The molecule has 3 heteroatoms. The van der Waals surface area contributed by atoms with Gasteiger partial charge in [0.1, 0.15) is 0 Å². The molecule has 0 amide bonds. The molecule has 0 fully saturated rings. The summed E-state index contributed by atoms with van der Waals surface area (Å²) in [6, 6.07) is 5.15. The van der Waals surface area contributed by atoms with Crippen LogP contribution in [0.25, 0.3) is 0 Å². The molecule has 0 saturated heterocycles. The molecule has 0 unspecified atom stereocenters. The third-order valence-electron chi connectivity index (χ3n) is 2.73. The molecule has 0 spiro atoms. The summed E-state index contributed by atoms with van der Waals surface area (Å²) in [7, 11) is 0. The molecule has 1 N–H and O–H groups in total. The van der Waals surface area contributed by atoms with Gasteiger partial charge in [0.2, 0.25) is 0 Å². The molecule has 2 aliphatic rings. The maximum absolute atomic E-state index is 4.57. The highest BCUT2D eigenvalue weighted by Gasteiger charge is 2.25. The van der Waals surface area contributed by atoms with Crippen LogP contribution in [0.3, 0.4) is 0 Å². The van der Waals surface area contributed by atoms with Gasteiger partial charge < -0.3 is 0 Å². The first kappa shape index (κ1) is 9.07. The number of nitrogens with zero attached hydrogens (tertiary/aromatic N) is 1. The van der Waals surface area contributed by atoms with E-state index in [0.717, 1.165) is 0 Å². The second kappa shape index (κ2) is 3.76. The number of fused-ring (bicyclic) bond motifs is 1. The minimum absolute atomic E-state index is 0.280. The van der Waals surface area contributed by atoms with E-state index in [-0.39, 0.29) is 12.1 Å². The maximum Gasteiger partial charge on any atom is 0.0869 e. The summed E-state index contributed by atoms with van der Waals surface area (Å²) in [5, 5.41) is 5.69. The van der Waals surface area contributed by atoms with Crippen molar-refractivity contribution >= 4 is 17.6 Å². The summed E-state index contributed by atoms with van der Waals surface area (Å²) < 4.78 is 0. The van der Waals surface area contributed by atoms with Crippen molar-refractivity contribution in [3.63, 3.8) is 0 Å². The third-order valence-corrected chi connectivity index (χ3v) is 3.69. The lowest BCUT2D eigenvalue weighted by Gasteiger charge is -2.30. The molecule has 0 radical (unpaired) electrons. The molecule has 0 bridgehead atoms. The standard InChI is InChI=1S/C12H12N2S/c1-2-5-10-9(4-1)13-8-11(14-10)12-6-3-7-15-12/h1-11,14H/t9-,10-,11+/m0/s1. The molecule has 1 aromatic rings. The quantitative estimate of drug-likeness (QED) is 0.765. The molecule has 2 heterocycles. The van der Waals surface area contributed by atoms with Crippen molar-refractivity contribution < 1.29 is 0 Å². The van der Waals surface area contributed by atoms with Gasteiger partial charge in [0.25, 0.3) is 0 Å². The van der Waals surface area contributed by atoms with Gasteiger partial charge >= 0.3 is 0 Å². The summed E-state index contributed by atoms with van der Waals surface area (Å²) in [6.45, 7) is 0. The van der Waals surface area contributed by atoms with E-state index >= 15 is 0 Å². The Labute approximate surface area is 93.0 Å². The Morgan fingerprint density at radius 2 is 2.20 bits per heavy atom. The summed E-state index contributed by atoms with van der Waals surface area (Å²) in [5.41, 5.74) is 0. The van der Waals surface area contributed by atoms with E-state index in [0.29, 0.717) is 6.04 Å². The SMILES string of the molecule is C1=C[C@@H]2N=C[C@H](c3cccs3)N[C@H]2C=C1. The highest BCUT2D eigenvalue weighted by molar-refractivity contribution is 7.10. The highest BCUT2D eigenvalue weighted by Crippen LogP contribution is 2.23. The van der Waals surface area contributed by atoms with Crippen molar-refractivity contribution in [1.82, 2.24) is 5.32 Å². The Morgan fingerprint density at radius 1 is 1.27 bits per heavy atom. The Bertz CT molecular complexity index is 417. The summed E-state index contributed by atoms with van der Waals surface area (Å²) in [5.74, 6) is 0. The lowest BCUT2D eigenvalue weighted by Crippen LogP contribution is -2.43. The number of allylic oxidation sites excluding steroid dienone is 2. The molecule has 1 aliphatic heterocycles. The van der Waals surface area contributed by atoms with E-state index in [2.05, 4.69) is 52.1 Å². The molecule has 3 rings (SSSR count). The van der Waals surface area contributed by atoms with Crippen molar-refractivity contribution in [3.05, 3.63) is 46.7 Å². The monoisotopic (exact) mass is 216 g/mol. The molecule has 0 aromatic carbocycles. The minimum Gasteiger partial charge on any atom is -0.296 e. The van der Waals surface area contributed by atoms with Crippen LogP contribution in [0, 0.1) is 0 Å². The lowest BCUT2D eigenvalue weighted by molar-refractivity contribution is 0.502. The summed E-state index contributed by atoms with van der Waals surface area (Å²) >= 11 is 1.77. The fraction of sp³-hybridized carbons (Fsp3) is 0.250. The largest absolute Gasteiger partial charge is 0.296 e. The normalized spacial score (nSPS) is 32.9. The second-order valence-electron chi connectivity index (χ2n) is 3.74. The predicted molar refractivity (Wildman–Crippen MR) is 64.5 cm³/mol. The number of aliphatic imine (C=N–C) groups is 1. The van der Waals surface area contributed by atoms with E-state index in [1.807, 2.05) is 6.21 Å². The molecule has 1 aliphatic carbocycles. The number of thiophene rings is 1. The Hall–Kier alpha value is -1.19. The van der Waals surface area contributed by atoms with Crippen LogP contribution in [0.4, 0.5) is 0 Å². The van der Waals surface area contributed by atoms with Gasteiger partial charge in [-0.1, -0.05) is 30.4 Å². The van der Waals surface area contributed by atoms with E-state index in [1.54, 1.807) is 11.3 Å². The van der Waals surface area contributed by atoms with Gasteiger partial charge in [0.05, 0.1) is 18.1 Å². The van der Waals surface area contributed by atoms with E-state index in [9.17, 15) is 0 Å². The van der Waals surface area contributed by atoms with Crippen LogP contribution in [0.15, 0.2) is 46.8 Å². The molecule has 2 nitrogen and oxygen atoms in total. The predicted octanol–water partition coefficient (Wildman–Crippen LogP) is 2.33. The van der Waals surface area contributed by atoms with Crippen LogP contribution in [0.1, 0.15) is 10.9 Å². The van der Waals surface area contributed by atoms with Crippen LogP contribution in [0.2, 0.25) is 0 Å². The van der Waals surface area contributed by atoms with E-state index < -0.39 is 0 Å². The fourth-order valence-electron chi connectivity index (χ4n) is 1.95. The van der Waals surface area contributed by atoms with Crippen LogP contribution in [-0.4, -0.2) is 18.3 Å².